The Morgan fingerprint density at radius 2 is 1.81 bits per heavy atom. The first-order chi connectivity index (χ1) is 10.0. The molecule has 2 aromatic carbocycles. The molecule has 2 rings (SSSR count). The molecule has 0 fully saturated rings. The summed E-state index contributed by atoms with van der Waals surface area (Å²) >= 11 is 11.8. The summed E-state index contributed by atoms with van der Waals surface area (Å²) in [5.74, 6) is -0.356. The number of amides is 1. The van der Waals surface area contributed by atoms with E-state index in [1.54, 1.807) is 30.3 Å². The fourth-order valence-electron chi connectivity index (χ4n) is 1.86. The zero-order valence-electron chi connectivity index (χ0n) is 11.2. The van der Waals surface area contributed by atoms with Crippen molar-refractivity contribution in [3.05, 3.63) is 69.5 Å². The molecule has 0 aromatic heterocycles. The van der Waals surface area contributed by atoms with E-state index < -0.39 is 0 Å². The van der Waals surface area contributed by atoms with Crippen molar-refractivity contribution >= 4 is 29.1 Å². The number of carbonyl (C=O) groups excluding carboxylic acids is 1. The van der Waals surface area contributed by atoms with Gasteiger partial charge in [0.25, 0.3) is 0 Å². The van der Waals surface area contributed by atoms with Gasteiger partial charge in [0, 0.05) is 23.0 Å². The predicted octanol–water partition coefficient (Wildman–Crippen LogP) is 4.38. The van der Waals surface area contributed by atoms with E-state index in [2.05, 4.69) is 5.32 Å². The predicted molar refractivity (Wildman–Crippen MR) is 83.0 cm³/mol. The maximum atomic E-state index is 12.8. The van der Waals surface area contributed by atoms with Gasteiger partial charge in [0.2, 0.25) is 5.91 Å². The maximum absolute atomic E-state index is 12.8. The quantitative estimate of drug-likeness (QED) is 0.868. The Kier molecular flexibility index (Phi) is 5.59. The van der Waals surface area contributed by atoms with Crippen molar-refractivity contribution in [1.29, 1.82) is 0 Å². The van der Waals surface area contributed by atoms with Gasteiger partial charge in [-0.1, -0.05) is 41.4 Å². The van der Waals surface area contributed by atoms with Crippen molar-refractivity contribution in [2.75, 3.05) is 0 Å². The summed E-state index contributed by atoms with van der Waals surface area (Å²) in [5.41, 5.74) is 1.74. The average molecular weight is 326 g/mol. The van der Waals surface area contributed by atoms with Crippen LogP contribution in [0.15, 0.2) is 42.5 Å². The highest BCUT2D eigenvalue weighted by molar-refractivity contribution is 6.35. The van der Waals surface area contributed by atoms with Gasteiger partial charge >= 0.3 is 0 Å². The molecule has 2 aromatic rings. The van der Waals surface area contributed by atoms with Gasteiger partial charge in [-0.3, -0.25) is 4.79 Å². The molecule has 0 spiro atoms. The van der Waals surface area contributed by atoms with Crippen LogP contribution in [0.2, 0.25) is 10.0 Å². The largest absolute Gasteiger partial charge is 0.352 e. The van der Waals surface area contributed by atoms with Crippen molar-refractivity contribution in [2.24, 2.45) is 0 Å². The third-order valence-corrected chi connectivity index (χ3v) is 3.63. The molecule has 0 aliphatic heterocycles. The Labute approximate surface area is 132 Å². The number of carbonyl (C=O) groups is 1. The molecular formula is C16H14Cl2FNO. The van der Waals surface area contributed by atoms with Crippen LogP contribution in [0.5, 0.6) is 0 Å². The van der Waals surface area contributed by atoms with Crippen molar-refractivity contribution in [1.82, 2.24) is 5.32 Å². The number of aryl methyl sites for hydroxylation is 1. The van der Waals surface area contributed by atoms with E-state index in [1.165, 1.54) is 12.1 Å². The van der Waals surface area contributed by atoms with E-state index in [1.807, 2.05) is 0 Å². The molecule has 2 nitrogen and oxygen atoms in total. The highest BCUT2D eigenvalue weighted by Gasteiger charge is 2.05. The minimum Gasteiger partial charge on any atom is -0.352 e. The molecule has 1 N–H and O–H groups in total. The van der Waals surface area contributed by atoms with Crippen LogP contribution in [0.4, 0.5) is 4.39 Å². The first-order valence-electron chi connectivity index (χ1n) is 6.49. The summed E-state index contributed by atoms with van der Waals surface area (Å²) in [5, 5.41) is 3.89. The first kappa shape index (κ1) is 15.8. The summed E-state index contributed by atoms with van der Waals surface area (Å²) in [6, 6.07) is 11.3. The second kappa shape index (κ2) is 7.43. The molecular weight excluding hydrogens is 312 g/mol. The molecule has 0 radical (unpaired) electrons. The summed E-state index contributed by atoms with van der Waals surface area (Å²) in [6.45, 7) is 0.359. The number of benzene rings is 2. The third kappa shape index (κ3) is 5.03. The topological polar surface area (TPSA) is 29.1 Å². The van der Waals surface area contributed by atoms with Crippen LogP contribution < -0.4 is 5.32 Å². The fraction of sp³-hybridized carbons (Fsp3) is 0.188. The lowest BCUT2D eigenvalue weighted by atomic mass is 10.1. The molecule has 0 bridgehead atoms. The highest BCUT2D eigenvalue weighted by atomic mass is 35.5. The van der Waals surface area contributed by atoms with Gasteiger partial charge in [0.05, 0.1) is 0 Å². The van der Waals surface area contributed by atoms with E-state index in [4.69, 9.17) is 23.2 Å². The van der Waals surface area contributed by atoms with Gasteiger partial charge < -0.3 is 5.32 Å². The van der Waals surface area contributed by atoms with Gasteiger partial charge in [-0.15, -0.1) is 0 Å². The molecule has 21 heavy (non-hydrogen) atoms. The molecule has 0 atom stereocenters. The monoisotopic (exact) mass is 325 g/mol. The second-order valence-electron chi connectivity index (χ2n) is 4.64. The number of halogens is 3. The summed E-state index contributed by atoms with van der Waals surface area (Å²) in [6.07, 6.45) is 0.914. The Morgan fingerprint density at radius 3 is 2.48 bits per heavy atom. The summed E-state index contributed by atoms with van der Waals surface area (Å²) in [7, 11) is 0. The molecule has 0 unspecified atom stereocenters. The van der Waals surface area contributed by atoms with Gasteiger partial charge in [-0.2, -0.15) is 0 Å². The standard InChI is InChI=1S/C16H14Cl2FNO/c17-13-5-4-12(15(18)9-13)10-20-16(21)8-3-11-1-6-14(19)7-2-11/h1-2,4-7,9H,3,8,10H2,(H,20,21). The van der Waals surface area contributed by atoms with Crippen LogP contribution in [0, 0.1) is 5.82 Å². The van der Waals surface area contributed by atoms with E-state index in [0.717, 1.165) is 11.1 Å². The van der Waals surface area contributed by atoms with Crippen LogP contribution in [0.25, 0.3) is 0 Å². The Bertz CT molecular complexity index is 629. The van der Waals surface area contributed by atoms with E-state index >= 15 is 0 Å². The maximum Gasteiger partial charge on any atom is 0.220 e. The SMILES string of the molecule is O=C(CCc1ccc(F)cc1)NCc1ccc(Cl)cc1Cl. The number of rotatable bonds is 5. The van der Waals surface area contributed by atoms with E-state index in [9.17, 15) is 9.18 Å². The van der Waals surface area contributed by atoms with Gasteiger partial charge in [0.15, 0.2) is 0 Å². The van der Waals surface area contributed by atoms with E-state index in [0.29, 0.717) is 29.4 Å². The van der Waals surface area contributed by atoms with Gasteiger partial charge in [0.1, 0.15) is 5.82 Å². The molecule has 0 heterocycles. The second-order valence-corrected chi connectivity index (χ2v) is 5.48. The van der Waals surface area contributed by atoms with Gasteiger partial charge in [-0.05, 0) is 41.8 Å². The van der Waals surface area contributed by atoms with Crippen LogP contribution in [0.3, 0.4) is 0 Å². The van der Waals surface area contributed by atoms with Crippen molar-refractivity contribution in [3.8, 4) is 0 Å². The Hall–Kier alpha value is -1.58. The summed E-state index contributed by atoms with van der Waals surface area (Å²) < 4.78 is 12.8. The van der Waals surface area contributed by atoms with Crippen molar-refractivity contribution < 1.29 is 9.18 Å². The summed E-state index contributed by atoms with van der Waals surface area (Å²) in [4.78, 5) is 11.8. The van der Waals surface area contributed by atoms with Crippen LogP contribution in [0.1, 0.15) is 17.5 Å². The fourth-order valence-corrected chi connectivity index (χ4v) is 2.33. The minimum absolute atomic E-state index is 0.0784. The number of hydrogen-bond donors (Lipinski definition) is 1. The third-order valence-electron chi connectivity index (χ3n) is 3.05. The Balaban J connectivity index is 1.80. The molecule has 0 saturated heterocycles. The molecule has 0 saturated carbocycles. The lowest BCUT2D eigenvalue weighted by Gasteiger charge is -2.07. The van der Waals surface area contributed by atoms with E-state index in [-0.39, 0.29) is 11.7 Å². The zero-order valence-corrected chi connectivity index (χ0v) is 12.7. The number of nitrogens with one attached hydrogen (secondary N) is 1. The highest BCUT2D eigenvalue weighted by Crippen LogP contribution is 2.20. The van der Waals surface area contributed by atoms with Crippen LogP contribution >= 0.6 is 23.2 Å². The Morgan fingerprint density at radius 1 is 1.10 bits per heavy atom. The van der Waals surface area contributed by atoms with Crippen LogP contribution in [-0.4, -0.2) is 5.91 Å². The smallest absolute Gasteiger partial charge is 0.220 e. The lowest BCUT2D eigenvalue weighted by molar-refractivity contribution is -0.121. The molecule has 1 amide bonds. The lowest BCUT2D eigenvalue weighted by Crippen LogP contribution is -2.23. The molecule has 110 valence electrons. The molecule has 0 aliphatic carbocycles. The normalized spacial score (nSPS) is 10.4. The van der Waals surface area contributed by atoms with Crippen molar-refractivity contribution in [2.45, 2.75) is 19.4 Å². The first-order valence-corrected chi connectivity index (χ1v) is 7.25. The average Bonchev–Trinajstić information content (AvgIpc) is 2.46. The molecule has 0 aliphatic rings. The molecule has 5 heteroatoms. The minimum atomic E-state index is -0.277. The van der Waals surface area contributed by atoms with Gasteiger partial charge in [-0.25, -0.2) is 4.39 Å². The zero-order chi connectivity index (χ0) is 15.2. The van der Waals surface area contributed by atoms with Crippen molar-refractivity contribution in [3.63, 3.8) is 0 Å². The van der Waals surface area contributed by atoms with Crippen LogP contribution in [-0.2, 0) is 17.8 Å². The number of hydrogen-bond acceptors (Lipinski definition) is 1.